The molecule has 3 nitrogen and oxygen atoms in total. The van der Waals surface area contributed by atoms with Crippen LogP contribution in [-0.2, 0) is 15.3 Å². The van der Waals surface area contributed by atoms with Crippen LogP contribution in [0.2, 0.25) is 0 Å². The zero-order valence-electron chi connectivity index (χ0n) is 9.19. The first kappa shape index (κ1) is 12.0. The van der Waals surface area contributed by atoms with Crippen LogP contribution < -0.4 is 0 Å². The average molecular weight is 225 g/mol. The van der Waals surface area contributed by atoms with Crippen molar-refractivity contribution in [2.75, 3.05) is 7.11 Å². The van der Waals surface area contributed by atoms with Crippen LogP contribution in [0.5, 0.6) is 0 Å². The number of carbonyl (C=O) groups excluding carboxylic acids is 1. The van der Waals surface area contributed by atoms with Crippen LogP contribution in [0.25, 0.3) is 0 Å². The highest BCUT2D eigenvalue weighted by Gasteiger charge is 2.13. The topological polar surface area (TPSA) is 39.2 Å². The van der Waals surface area contributed by atoms with Crippen LogP contribution in [-0.4, -0.2) is 23.3 Å². The molecule has 4 heteroatoms. The Hall–Kier alpha value is -1.03. The summed E-state index contributed by atoms with van der Waals surface area (Å²) in [6, 6.07) is 3.93. The van der Waals surface area contributed by atoms with Crippen molar-refractivity contribution in [1.82, 2.24) is 4.98 Å². The number of thioether (sulfide) groups is 1. The number of ether oxygens (including phenoxy) is 1. The van der Waals surface area contributed by atoms with Gasteiger partial charge in [-0.05, 0) is 25.5 Å². The van der Waals surface area contributed by atoms with E-state index in [4.69, 9.17) is 0 Å². The molecule has 0 spiro atoms. The minimum absolute atomic E-state index is 0.142. The van der Waals surface area contributed by atoms with Gasteiger partial charge in [-0.1, -0.05) is 6.07 Å². The maximum absolute atomic E-state index is 11.2. The number of aryl methyl sites for hydroxylation is 1. The number of hydrogen-bond acceptors (Lipinski definition) is 4. The first-order chi connectivity index (χ1) is 7.15. The number of carbonyl (C=O) groups is 1. The zero-order valence-corrected chi connectivity index (χ0v) is 10.0. The molecule has 0 saturated heterocycles. The van der Waals surface area contributed by atoms with E-state index >= 15 is 0 Å². The maximum atomic E-state index is 11.2. The molecule has 82 valence electrons. The normalized spacial score (nSPS) is 12.2. The first-order valence-corrected chi connectivity index (χ1v) is 5.80. The summed E-state index contributed by atoms with van der Waals surface area (Å²) in [5, 5.41) is -0.142. The standard InChI is InChI=1S/C11H15NO2S/c1-8-5-4-6-12-10(8)7-15-9(2)11(13)14-3/h4-6,9H,7H2,1-3H3/t9-/m1/s1. The molecule has 1 aromatic rings. The lowest BCUT2D eigenvalue weighted by Crippen LogP contribution is -2.15. The quantitative estimate of drug-likeness (QED) is 0.736. The Morgan fingerprint density at radius 1 is 1.67 bits per heavy atom. The molecular formula is C11H15NO2S. The minimum Gasteiger partial charge on any atom is -0.468 e. The Balaban J connectivity index is 2.50. The van der Waals surface area contributed by atoms with E-state index in [2.05, 4.69) is 9.72 Å². The van der Waals surface area contributed by atoms with Gasteiger partial charge in [-0.15, -0.1) is 11.8 Å². The van der Waals surface area contributed by atoms with E-state index in [1.807, 2.05) is 26.0 Å². The lowest BCUT2D eigenvalue weighted by Gasteiger charge is -2.09. The molecule has 0 bridgehead atoms. The van der Waals surface area contributed by atoms with Gasteiger partial charge in [0.1, 0.15) is 0 Å². The van der Waals surface area contributed by atoms with Gasteiger partial charge in [0.2, 0.25) is 0 Å². The van der Waals surface area contributed by atoms with Crippen molar-refractivity contribution in [1.29, 1.82) is 0 Å². The van der Waals surface area contributed by atoms with Crippen LogP contribution >= 0.6 is 11.8 Å². The third-order valence-electron chi connectivity index (χ3n) is 2.12. The number of esters is 1. The fourth-order valence-corrected chi connectivity index (χ4v) is 2.05. The van der Waals surface area contributed by atoms with Gasteiger partial charge in [-0.2, -0.15) is 0 Å². The number of aromatic nitrogens is 1. The Labute approximate surface area is 94.2 Å². The second kappa shape index (κ2) is 5.75. The van der Waals surface area contributed by atoms with Crippen LogP contribution in [0.15, 0.2) is 18.3 Å². The lowest BCUT2D eigenvalue weighted by atomic mass is 10.2. The van der Waals surface area contributed by atoms with Gasteiger partial charge in [-0.25, -0.2) is 0 Å². The molecule has 1 aromatic heterocycles. The number of hydrogen-bond donors (Lipinski definition) is 0. The average Bonchev–Trinajstić information content (AvgIpc) is 2.26. The van der Waals surface area contributed by atoms with Crippen molar-refractivity contribution in [3.05, 3.63) is 29.6 Å². The molecule has 1 atom stereocenters. The van der Waals surface area contributed by atoms with Crippen LogP contribution in [0.4, 0.5) is 0 Å². The SMILES string of the molecule is COC(=O)[C@@H](C)SCc1ncccc1C. The van der Waals surface area contributed by atoms with E-state index in [1.54, 1.807) is 6.20 Å². The molecule has 1 heterocycles. The molecule has 0 fully saturated rings. The summed E-state index contributed by atoms with van der Waals surface area (Å²) in [5.74, 6) is 0.553. The van der Waals surface area contributed by atoms with Crippen molar-refractivity contribution >= 4 is 17.7 Å². The molecule has 0 saturated carbocycles. The molecule has 0 aliphatic rings. The van der Waals surface area contributed by atoms with Gasteiger partial charge in [0, 0.05) is 11.9 Å². The molecule has 0 unspecified atom stereocenters. The molecular weight excluding hydrogens is 210 g/mol. The monoisotopic (exact) mass is 225 g/mol. The van der Waals surface area contributed by atoms with E-state index in [0.717, 1.165) is 17.0 Å². The number of rotatable bonds is 4. The van der Waals surface area contributed by atoms with Crippen molar-refractivity contribution < 1.29 is 9.53 Å². The Morgan fingerprint density at radius 3 is 3.00 bits per heavy atom. The predicted molar refractivity (Wildman–Crippen MR) is 61.7 cm³/mol. The summed E-state index contributed by atoms with van der Waals surface area (Å²) in [5.41, 5.74) is 2.18. The lowest BCUT2D eigenvalue weighted by molar-refractivity contribution is -0.139. The summed E-state index contributed by atoms with van der Waals surface area (Å²) in [7, 11) is 1.41. The molecule has 0 amide bonds. The molecule has 0 aromatic carbocycles. The molecule has 0 radical (unpaired) electrons. The summed E-state index contributed by atoms with van der Waals surface area (Å²) < 4.78 is 4.65. The second-order valence-corrected chi connectivity index (χ2v) is 4.57. The Morgan fingerprint density at radius 2 is 2.40 bits per heavy atom. The fourth-order valence-electron chi connectivity index (χ4n) is 1.11. The third-order valence-corrected chi connectivity index (χ3v) is 3.25. The summed E-state index contributed by atoms with van der Waals surface area (Å²) >= 11 is 1.54. The highest BCUT2D eigenvalue weighted by molar-refractivity contribution is 7.99. The molecule has 0 N–H and O–H groups in total. The van der Waals surface area contributed by atoms with Gasteiger partial charge >= 0.3 is 5.97 Å². The summed E-state index contributed by atoms with van der Waals surface area (Å²) in [6.45, 7) is 3.86. The maximum Gasteiger partial charge on any atom is 0.318 e. The number of nitrogens with zero attached hydrogens (tertiary/aromatic N) is 1. The molecule has 1 rings (SSSR count). The Bertz CT molecular complexity index is 341. The van der Waals surface area contributed by atoms with Crippen LogP contribution in [0, 0.1) is 6.92 Å². The van der Waals surface area contributed by atoms with E-state index in [-0.39, 0.29) is 11.2 Å². The summed E-state index contributed by atoms with van der Waals surface area (Å²) in [4.78, 5) is 15.4. The number of methoxy groups -OCH3 is 1. The first-order valence-electron chi connectivity index (χ1n) is 4.75. The Kier molecular flexibility index (Phi) is 4.62. The van der Waals surface area contributed by atoms with Crippen molar-refractivity contribution in [2.45, 2.75) is 24.9 Å². The van der Waals surface area contributed by atoms with E-state index in [9.17, 15) is 4.79 Å². The molecule has 15 heavy (non-hydrogen) atoms. The minimum atomic E-state index is -0.186. The highest BCUT2D eigenvalue weighted by Crippen LogP contribution is 2.18. The van der Waals surface area contributed by atoms with E-state index in [0.29, 0.717) is 0 Å². The van der Waals surface area contributed by atoms with E-state index < -0.39 is 0 Å². The predicted octanol–water partition coefficient (Wildman–Crippen LogP) is 2.18. The second-order valence-electron chi connectivity index (χ2n) is 3.24. The highest BCUT2D eigenvalue weighted by atomic mass is 32.2. The smallest absolute Gasteiger partial charge is 0.318 e. The van der Waals surface area contributed by atoms with Crippen LogP contribution in [0.1, 0.15) is 18.2 Å². The van der Waals surface area contributed by atoms with E-state index in [1.165, 1.54) is 18.9 Å². The van der Waals surface area contributed by atoms with Gasteiger partial charge in [0.05, 0.1) is 18.1 Å². The van der Waals surface area contributed by atoms with Gasteiger partial charge in [-0.3, -0.25) is 9.78 Å². The van der Waals surface area contributed by atoms with Crippen LogP contribution in [0.3, 0.4) is 0 Å². The number of pyridine rings is 1. The van der Waals surface area contributed by atoms with Gasteiger partial charge in [0.25, 0.3) is 0 Å². The third kappa shape index (κ3) is 3.55. The fraction of sp³-hybridized carbons (Fsp3) is 0.455. The van der Waals surface area contributed by atoms with Gasteiger partial charge < -0.3 is 4.74 Å². The molecule has 0 aliphatic carbocycles. The van der Waals surface area contributed by atoms with Gasteiger partial charge in [0.15, 0.2) is 0 Å². The molecule has 0 aliphatic heterocycles. The van der Waals surface area contributed by atoms with Crippen molar-refractivity contribution in [2.24, 2.45) is 0 Å². The van der Waals surface area contributed by atoms with Crippen molar-refractivity contribution in [3.8, 4) is 0 Å². The zero-order chi connectivity index (χ0) is 11.3. The summed E-state index contributed by atoms with van der Waals surface area (Å²) in [6.07, 6.45) is 1.77. The largest absolute Gasteiger partial charge is 0.468 e. The van der Waals surface area contributed by atoms with Crippen molar-refractivity contribution in [3.63, 3.8) is 0 Å².